The second-order valence-corrected chi connectivity index (χ2v) is 6.95. The zero-order valence-corrected chi connectivity index (χ0v) is 15.2. The third kappa shape index (κ3) is 5.83. The van der Waals surface area contributed by atoms with Gasteiger partial charge < -0.3 is 15.4 Å². The minimum absolute atomic E-state index is 0.00949. The van der Waals surface area contributed by atoms with Gasteiger partial charge in [-0.1, -0.05) is 12.1 Å². The van der Waals surface area contributed by atoms with E-state index in [9.17, 15) is 9.59 Å². The van der Waals surface area contributed by atoms with Gasteiger partial charge in [0.1, 0.15) is 0 Å². The Morgan fingerprint density at radius 2 is 2.12 bits per heavy atom. The van der Waals surface area contributed by atoms with Crippen LogP contribution in [0.3, 0.4) is 0 Å². The van der Waals surface area contributed by atoms with Crippen molar-refractivity contribution < 1.29 is 14.3 Å². The molecule has 1 aromatic carbocycles. The van der Waals surface area contributed by atoms with E-state index in [0.29, 0.717) is 12.3 Å². The summed E-state index contributed by atoms with van der Waals surface area (Å²) < 4.78 is 4.77. The first-order valence-electron chi connectivity index (χ1n) is 8.33. The minimum Gasteiger partial charge on any atom is -0.469 e. The molecule has 1 saturated heterocycles. The van der Waals surface area contributed by atoms with Crippen LogP contribution >= 0.6 is 11.8 Å². The Balaban J connectivity index is 1.95. The molecule has 2 atom stereocenters. The summed E-state index contributed by atoms with van der Waals surface area (Å²) in [4.78, 5) is 25.1. The lowest BCUT2D eigenvalue weighted by atomic mass is 10.0. The molecule has 0 aromatic heterocycles. The highest BCUT2D eigenvalue weighted by Gasteiger charge is 2.20. The van der Waals surface area contributed by atoms with E-state index in [-0.39, 0.29) is 24.3 Å². The van der Waals surface area contributed by atoms with Crippen LogP contribution in [-0.2, 0) is 14.3 Å². The summed E-state index contributed by atoms with van der Waals surface area (Å²) in [6.07, 6.45) is 4.67. The van der Waals surface area contributed by atoms with Crippen LogP contribution in [-0.4, -0.2) is 38.3 Å². The molecule has 0 bridgehead atoms. The van der Waals surface area contributed by atoms with Crippen LogP contribution < -0.4 is 10.6 Å². The number of carbonyl (C=O) groups excluding carboxylic acids is 2. The molecule has 5 nitrogen and oxygen atoms in total. The number of benzene rings is 1. The van der Waals surface area contributed by atoms with E-state index >= 15 is 0 Å². The van der Waals surface area contributed by atoms with Crippen LogP contribution in [0.4, 0.5) is 0 Å². The van der Waals surface area contributed by atoms with Crippen LogP contribution in [0.1, 0.15) is 37.3 Å². The Morgan fingerprint density at radius 1 is 1.38 bits per heavy atom. The number of carbonyl (C=O) groups is 2. The van der Waals surface area contributed by atoms with Gasteiger partial charge in [0.25, 0.3) is 0 Å². The zero-order valence-electron chi connectivity index (χ0n) is 14.3. The number of esters is 1. The van der Waals surface area contributed by atoms with Gasteiger partial charge in [0.15, 0.2) is 0 Å². The van der Waals surface area contributed by atoms with E-state index in [1.807, 2.05) is 30.5 Å². The molecule has 1 aliphatic heterocycles. The average Bonchev–Trinajstić information content (AvgIpc) is 3.13. The summed E-state index contributed by atoms with van der Waals surface area (Å²) in [6.45, 7) is 2.04. The molecule has 1 fully saturated rings. The molecule has 0 radical (unpaired) electrons. The SMILES string of the molecule is COC(=O)CC(NC(=O)CCC1CCNC1)c1ccc(SC)cc1. The molecule has 24 heavy (non-hydrogen) atoms. The van der Waals surface area contributed by atoms with Gasteiger partial charge >= 0.3 is 5.97 Å². The fraction of sp³-hybridized carbons (Fsp3) is 0.556. The number of methoxy groups -OCH3 is 1. The van der Waals surface area contributed by atoms with Crippen molar-refractivity contribution in [1.82, 2.24) is 10.6 Å². The quantitative estimate of drug-likeness (QED) is 0.557. The number of rotatable bonds is 8. The standard InChI is InChI=1S/C18H26N2O3S/c1-23-18(22)11-16(14-4-6-15(24-2)7-5-14)20-17(21)8-3-13-9-10-19-12-13/h4-7,13,16,19H,3,8-12H2,1-2H3,(H,20,21). The molecule has 2 unspecified atom stereocenters. The van der Waals surface area contributed by atoms with E-state index < -0.39 is 0 Å². The first kappa shape index (κ1) is 18.8. The highest BCUT2D eigenvalue weighted by atomic mass is 32.2. The predicted molar refractivity (Wildman–Crippen MR) is 96.0 cm³/mol. The van der Waals surface area contributed by atoms with Gasteiger partial charge in [-0.2, -0.15) is 0 Å². The predicted octanol–water partition coefficient (Wildman–Crippen LogP) is 2.52. The maximum atomic E-state index is 12.3. The van der Waals surface area contributed by atoms with Crippen LogP contribution in [0, 0.1) is 5.92 Å². The zero-order chi connectivity index (χ0) is 17.4. The third-order valence-electron chi connectivity index (χ3n) is 4.39. The molecule has 1 amide bonds. The van der Waals surface area contributed by atoms with E-state index in [0.717, 1.165) is 36.4 Å². The molecule has 2 rings (SSSR count). The van der Waals surface area contributed by atoms with E-state index in [4.69, 9.17) is 4.74 Å². The summed E-state index contributed by atoms with van der Waals surface area (Å²) in [5.41, 5.74) is 0.925. The molecule has 1 aliphatic rings. The van der Waals surface area contributed by atoms with Gasteiger partial charge in [-0.15, -0.1) is 11.8 Å². The molecule has 2 N–H and O–H groups in total. The van der Waals surface area contributed by atoms with Gasteiger partial charge in [0.2, 0.25) is 5.91 Å². The summed E-state index contributed by atoms with van der Waals surface area (Å²) >= 11 is 1.66. The van der Waals surface area contributed by atoms with E-state index in [2.05, 4.69) is 10.6 Å². The molecule has 1 heterocycles. The summed E-state index contributed by atoms with van der Waals surface area (Å²) in [7, 11) is 1.37. The van der Waals surface area contributed by atoms with Gasteiger partial charge in [-0.25, -0.2) is 0 Å². The molecule has 0 spiro atoms. The van der Waals surface area contributed by atoms with Crippen LogP contribution in [0.5, 0.6) is 0 Å². The highest BCUT2D eigenvalue weighted by Crippen LogP contribution is 2.22. The lowest BCUT2D eigenvalue weighted by Gasteiger charge is -2.19. The lowest BCUT2D eigenvalue weighted by molar-refractivity contribution is -0.141. The Bertz CT molecular complexity index is 542. The molecular formula is C18H26N2O3S. The van der Waals surface area contributed by atoms with Crippen molar-refractivity contribution in [1.29, 1.82) is 0 Å². The first-order valence-corrected chi connectivity index (χ1v) is 9.55. The third-order valence-corrected chi connectivity index (χ3v) is 5.14. The molecule has 132 valence electrons. The first-order chi connectivity index (χ1) is 11.6. The Labute approximate surface area is 147 Å². The summed E-state index contributed by atoms with van der Waals surface area (Å²) in [5.74, 6) is 0.245. The fourth-order valence-electron chi connectivity index (χ4n) is 2.90. The Hall–Kier alpha value is -1.53. The Kier molecular flexibility index (Phi) is 7.59. The van der Waals surface area contributed by atoms with Crippen molar-refractivity contribution in [2.45, 2.75) is 36.6 Å². The van der Waals surface area contributed by atoms with Crippen LogP contribution in [0.25, 0.3) is 0 Å². The van der Waals surface area contributed by atoms with Crippen molar-refractivity contribution in [3.63, 3.8) is 0 Å². The van der Waals surface area contributed by atoms with Crippen LogP contribution in [0.2, 0.25) is 0 Å². The molecule has 0 aliphatic carbocycles. The number of nitrogens with one attached hydrogen (secondary N) is 2. The molecule has 6 heteroatoms. The van der Waals surface area contributed by atoms with Crippen molar-refractivity contribution >= 4 is 23.6 Å². The normalized spacial score (nSPS) is 18.2. The Morgan fingerprint density at radius 3 is 2.71 bits per heavy atom. The van der Waals surface area contributed by atoms with E-state index in [1.54, 1.807) is 11.8 Å². The second-order valence-electron chi connectivity index (χ2n) is 6.07. The smallest absolute Gasteiger partial charge is 0.307 e. The van der Waals surface area contributed by atoms with Crippen LogP contribution in [0.15, 0.2) is 29.2 Å². The summed E-state index contributed by atoms with van der Waals surface area (Å²) in [5, 5.41) is 6.31. The molecule has 0 saturated carbocycles. The van der Waals surface area contributed by atoms with Gasteiger partial charge in [0.05, 0.1) is 19.6 Å². The van der Waals surface area contributed by atoms with Crippen molar-refractivity contribution in [2.24, 2.45) is 5.92 Å². The number of thioether (sulfide) groups is 1. The van der Waals surface area contributed by atoms with Gasteiger partial charge in [-0.05, 0) is 55.8 Å². The number of hydrogen-bond acceptors (Lipinski definition) is 5. The van der Waals surface area contributed by atoms with E-state index in [1.165, 1.54) is 7.11 Å². The minimum atomic E-state index is -0.345. The fourth-order valence-corrected chi connectivity index (χ4v) is 3.31. The average molecular weight is 350 g/mol. The summed E-state index contributed by atoms with van der Waals surface area (Å²) in [6, 6.07) is 7.57. The van der Waals surface area contributed by atoms with Crippen molar-refractivity contribution in [3.8, 4) is 0 Å². The number of amides is 1. The number of hydrogen-bond donors (Lipinski definition) is 2. The number of ether oxygens (including phenoxy) is 1. The van der Waals surface area contributed by atoms with Crippen molar-refractivity contribution in [3.05, 3.63) is 29.8 Å². The van der Waals surface area contributed by atoms with Gasteiger partial charge in [-0.3, -0.25) is 9.59 Å². The molecule has 1 aromatic rings. The maximum Gasteiger partial charge on any atom is 0.307 e. The second kappa shape index (κ2) is 9.69. The maximum absolute atomic E-state index is 12.3. The van der Waals surface area contributed by atoms with Gasteiger partial charge in [0, 0.05) is 11.3 Å². The highest BCUT2D eigenvalue weighted by molar-refractivity contribution is 7.98. The largest absolute Gasteiger partial charge is 0.469 e. The topological polar surface area (TPSA) is 67.4 Å². The monoisotopic (exact) mass is 350 g/mol. The van der Waals surface area contributed by atoms with Crippen molar-refractivity contribution in [2.75, 3.05) is 26.5 Å². The lowest BCUT2D eigenvalue weighted by Crippen LogP contribution is -2.30. The molecular weight excluding hydrogens is 324 g/mol.